The third kappa shape index (κ3) is 3.06. The van der Waals surface area contributed by atoms with Crippen molar-refractivity contribution < 1.29 is 0 Å². The molecule has 0 spiro atoms. The Morgan fingerprint density at radius 3 is 2.67 bits per heavy atom. The molecule has 0 saturated heterocycles. The van der Waals surface area contributed by atoms with Gasteiger partial charge in [-0.05, 0) is 30.7 Å². The molecule has 1 aromatic heterocycles. The van der Waals surface area contributed by atoms with Gasteiger partial charge in [-0.1, -0.05) is 35.3 Å². The molecular formula is C13H13Cl2N3. The summed E-state index contributed by atoms with van der Waals surface area (Å²) in [4.78, 5) is 4.16. The highest BCUT2D eigenvalue weighted by Crippen LogP contribution is 2.25. The molecule has 1 heterocycles. The molecule has 0 saturated carbocycles. The summed E-state index contributed by atoms with van der Waals surface area (Å²) in [5, 5.41) is 4.46. The predicted molar refractivity (Wildman–Crippen MR) is 77.1 cm³/mol. The average Bonchev–Trinajstić information content (AvgIpc) is 2.32. The second kappa shape index (κ2) is 5.46. The van der Waals surface area contributed by atoms with E-state index in [1.165, 1.54) is 0 Å². The minimum atomic E-state index is 0.0553. The van der Waals surface area contributed by atoms with Gasteiger partial charge in [0.2, 0.25) is 0 Å². The molecule has 0 aliphatic heterocycles. The van der Waals surface area contributed by atoms with Crippen molar-refractivity contribution in [3.8, 4) is 0 Å². The number of hydrogen-bond acceptors (Lipinski definition) is 3. The summed E-state index contributed by atoms with van der Waals surface area (Å²) in [6.07, 6.45) is 1.56. The molecule has 94 valence electrons. The van der Waals surface area contributed by atoms with Crippen LogP contribution in [-0.2, 0) is 0 Å². The highest BCUT2D eigenvalue weighted by Gasteiger charge is 2.09. The van der Waals surface area contributed by atoms with Gasteiger partial charge in [-0.15, -0.1) is 0 Å². The zero-order chi connectivity index (χ0) is 13.1. The van der Waals surface area contributed by atoms with Crippen molar-refractivity contribution in [3.05, 3.63) is 52.1 Å². The van der Waals surface area contributed by atoms with E-state index in [0.717, 1.165) is 5.56 Å². The lowest BCUT2D eigenvalue weighted by Crippen LogP contribution is -2.09. The molecule has 5 heteroatoms. The van der Waals surface area contributed by atoms with E-state index >= 15 is 0 Å². The van der Waals surface area contributed by atoms with Crippen molar-refractivity contribution in [2.75, 3.05) is 11.1 Å². The summed E-state index contributed by atoms with van der Waals surface area (Å²) in [6, 6.07) is 9.38. The number of nitrogens with one attached hydrogen (secondary N) is 1. The van der Waals surface area contributed by atoms with Crippen molar-refractivity contribution in [2.24, 2.45) is 0 Å². The second-order valence-corrected chi connectivity index (χ2v) is 4.89. The molecule has 1 unspecified atom stereocenters. The van der Waals surface area contributed by atoms with Crippen molar-refractivity contribution in [1.29, 1.82) is 0 Å². The number of pyridine rings is 1. The number of hydrogen-bond donors (Lipinski definition) is 2. The van der Waals surface area contributed by atoms with Crippen LogP contribution in [0.25, 0.3) is 0 Å². The van der Waals surface area contributed by atoms with Gasteiger partial charge in [-0.3, -0.25) is 0 Å². The van der Waals surface area contributed by atoms with Crippen molar-refractivity contribution in [3.63, 3.8) is 0 Å². The minimum absolute atomic E-state index is 0.0553. The van der Waals surface area contributed by atoms with Crippen molar-refractivity contribution in [1.82, 2.24) is 4.98 Å². The van der Waals surface area contributed by atoms with Gasteiger partial charge < -0.3 is 11.1 Å². The molecule has 0 fully saturated rings. The van der Waals surface area contributed by atoms with Gasteiger partial charge >= 0.3 is 0 Å². The lowest BCUT2D eigenvalue weighted by Gasteiger charge is -2.16. The van der Waals surface area contributed by atoms with Gasteiger partial charge in [0.25, 0.3) is 0 Å². The Balaban J connectivity index is 2.18. The van der Waals surface area contributed by atoms with Crippen LogP contribution >= 0.6 is 23.2 Å². The number of benzene rings is 1. The Kier molecular flexibility index (Phi) is 3.94. The maximum Gasteiger partial charge on any atom is 0.149 e. The molecule has 3 N–H and O–H groups in total. The number of nitrogen functional groups attached to an aromatic ring is 1. The van der Waals surface area contributed by atoms with Gasteiger partial charge in [-0.25, -0.2) is 4.98 Å². The van der Waals surface area contributed by atoms with E-state index in [1.807, 2.05) is 31.2 Å². The fraction of sp³-hybridized carbons (Fsp3) is 0.154. The van der Waals surface area contributed by atoms with E-state index in [4.69, 9.17) is 28.9 Å². The van der Waals surface area contributed by atoms with Crippen molar-refractivity contribution >= 4 is 34.7 Å². The number of nitrogens with zero attached hydrogens (tertiary/aromatic N) is 1. The fourth-order valence-corrected chi connectivity index (χ4v) is 2.00. The molecule has 0 amide bonds. The topological polar surface area (TPSA) is 50.9 Å². The van der Waals surface area contributed by atoms with Gasteiger partial charge in [0.05, 0.1) is 16.8 Å². The first-order chi connectivity index (χ1) is 8.56. The Morgan fingerprint density at radius 2 is 2.00 bits per heavy atom. The summed E-state index contributed by atoms with van der Waals surface area (Å²) in [7, 11) is 0. The van der Waals surface area contributed by atoms with E-state index in [-0.39, 0.29) is 6.04 Å². The number of aromatic nitrogens is 1. The van der Waals surface area contributed by atoms with Crippen LogP contribution in [0.1, 0.15) is 18.5 Å². The van der Waals surface area contributed by atoms with Crippen LogP contribution < -0.4 is 11.1 Å². The van der Waals surface area contributed by atoms with E-state index < -0.39 is 0 Å². The lowest BCUT2D eigenvalue weighted by molar-refractivity contribution is 0.876. The summed E-state index contributed by atoms with van der Waals surface area (Å²) in [5.74, 6) is 0.617. The first kappa shape index (κ1) is 13.0. The Labute approximate surface area is 116 Å². The van der Waals surface area contributed by atoms with E-state index in [9.17, 15) is 0 Å². The third-order valence-corrected chi connectivity index (χ3v) is 3.03. The molecular weight excluding hydrogens is 269 g/mol. The summed E-state index contributed by atoms with van der Waals surface area (Å²) in [5.41, 5.74) is 7.43. The highest BCUT2D eigenvalue weighted by molar-refractivity contribution is 6.31. The van der Waals surface area contributed by atoms with Crippen LogP contribution in [0.2, 0.25) is 10.0 Å². The van der Waals surface area contributed by atoms with E-state index in [2.05, 4.69) is 10.3 Å². The maximum atomic E-state index is 5.96. The lowest BCUT2D eigenvalue weighted by atomic mass is 10.1. The van der Waals surface area contributed by atoms with Gasteiger partial charge in [0, 0.05) is 11.2 Å². The number of rotatable bonds is 3. The number of halogens is 2. The van der Waals surface area contributed by atoms with E-state index in [0.29, 0.717) is 21.6 Å². The van der Waals surface area contributed by atoms with Crippen LogP contribution in [-0.4, -0.2) is 4.98 Å². The molecule has 1 atom stereocenters. The smallest absolute Gasteiger partial charge is 0.149 e. The third-order valence-electron chi connectivity index (χ3n) is 2.59. The average molecular weight is 282 g/mol. The molecule has 1 aromatic carbocycles. The summed E-state index contributed by atoms with van der Waals surface area (Å²) in [6.45, 7) is 2.02. The monoisotopic (exact) mass is 281 g/mol. The minimum Gasteiger partial charge on any atom is -0.396 e. The van der Waals surface area contributed by atoms with Crippen LogP contribution in [0.15, 0.2) is 36.5 Å². The molecule has 0 aliphatic carbocycles. The van der Waals surface area contributed by atoms with Crippen LogP contribution in [0.5, 0.6) is 0 Å². The second-order valence-electron chi connectivity index (χ2n) is 4.01. The Hall–Kier alpha value is -1.45. The SMILES string of the molecule is CC(Nc1ncc(Cl)cc1N)c1cccc(Cl)c1. The Bertz CT molecular complexity index is 558. The molecule has 3 nitrogen and oxygen atoms in total. The molecule has 0 radical (unpaired) electrons. The number of anilines is 2. The normalized spacial score (nSPS) is 12.2. The fourth-order valence-electron chi connectivity index (χ4n) is 1.64. The first-order valence-electron chi connectivity index (χ1n) is 5.49. The van der Waals surface area contributed by atoms with Gasteiger partial charge in [0.1, 0.15) is 5.82 Å². The largest absolute Gasteiger partial charge is 0.396 e. The van der Waals surface area contributed by atoms with Crippen LogP contribution in [0, 0.1) is 0 Å². The highest BCUT2D eigenvalue weighted by atomic mass is 35.5. The maximum absolute atomic E-state index is 5.96. The molecule has 0 bridgehead atoms. The Morgan fingerprint density at radius 1 is 1.22 bits per heavy atom. The van der Waals surface area contributed by atoms with Crippen LogP contribution in [0.3, 0.4) is 0 Å². The van der Waals surface area contributed by atoms with Gasteiger partial charge in [-0.2, -0.15) is 0 Å². The van der Waals surface area contributed by atoms with Gasteiger partial charge in [0.15, 0.2) is 0 Å². The summed E-state index contributed by atoms with van der Waals surface area (Å²) < 4.78 is 0. The summed E-state index contributed by atoms with van der Waals surface area (Å²) >= 11 is 11.8. The predicted octanol–water partition coefficient (Wildman–Crippen LogP) is 4.14. The zero-order valence-corrected chi connectivity index (χ0v) is 11.3. The van der Waals surface area contributed by atoms with Crippen molar-refractivity contribution in [2.45, 2.75) is 13.0 Å². The van der Waals surface area contributed by atoms with Crippen LogP contribution in [0.4, 0.5) is 11.5 Å². The quantitative estimate of drug-likeness (QED) is 0.889. The first-order valence-corrected chi connectivity index (χ1v) is 6.25. The zero-order valence-electron chi connectivity index (χ0n) is 9.82. The molecule has 2 rings (SSSR count). The van der Waals surface area contributed by atoms with E-state index in [1.54, 1.807) is 12.3 Å². The molecule has 18 heavy (non-hydrogen) atoms. The molecule has 0 aliphatic rings. The number of nitrogens with two attached hydrogens (primary N) is 1. The standard InChI is InChI=1S/C13H13Cl2N3/c1-8(9-3-2-4-10(14)5-9)18-13-12(16)6-11(15)7-17-13/h2-8H,16H2,1H3,(H,17,18). The molecule has 2 aromatic rings.